The molecule has 0 N–H and O–H groups in total. The van der Waals surface area contributed by atoms with Crippen molar-refractivity contribution in [3.8, 4) is 5.75 Å². The summed E-state index contributed by atoms with van der Waals surface area (Å²) in [5, 5.41) is 0. The van der Waals surface area contributed by atoms with Gasteiger partial charge in [0.1, 0.15) is 18.9 Å². The number of nitrogens with zero attached hydrogens (tertiary/aromatic N) is 1. The maximum absolute atomic E-state index is 5.65. The topological polar surface area (TPSA) is 9.23 Å². The van der Waals surface area contributed by atoms with Gasteiger partial charge in [-0.1, -0.05) is 12.1 Å². The third-order valence-corrected chi connectivity index (χ3v) is 2.02. The van der Waals surface area contributed by atoms with Gasteiger partial charge in [0.25, 0.3) is 0 Å². The first-order chi connectivity index (χ1) is 6.47. The molecule has 0 aromatic heterocycles. The molecular weight excluding hydrogens is 254 g/mol. The van der Waals surface area contributed by atoms with Crippen molar-refractivity contribution >= 4 is 0 Å². The Bertz CT molecular complexity index is 294. The van der Waals surface area contributed by atoms with E-state index in [0.717, 1.165) is 23.4 Å². The van der Waals surface area contributed by atoms with E-state index in [1.54, 1.807) is 0 Å². The Morgan fingerprint density at radius 2 is 1.87 bits per heavy atom. The normalized spacial score (nSPS) is 10.7. The molecule has 2 nitrogen and oxygen atoms in total. The highest BCUT2D eigenvalue weighted by atomic mass is 79.9. The van der Waals surface area contributed by atoms with E-state index < -0.39 is 0 Å². The number of hydrogen-bond donors (Lipinski definition) is 0. The predicted molar refractivity (Wildman–Crippen MR) is 59.6 cm³/mol. The van der Waals surface area contributed by atoms with E-state index in [1.165, 1.54) is 5.56 Å². The summed E-state index contributed by atoms with van der Waals surface area (Å²) < 4.78 is 6.58. The molecular formula is C12H20BrNO. The summed E-state index contributed by atoms with van der Waals surface area (Å²) in [5.74, 6) is 0.971. The third-order valence-electron chi connectivity index (χ3n) is 2.02. The molecule has 15 heavy (non-hydrogen) atoms. The van der Waals surface area contributed by atoms with E-state index in [9.17, 15) is 0 Å². The smallest absolute Gasteiger partial charge is 0.137 e. The molecule has 0 aliphatic heterocycles. The lowest BCUT2D eigenvalue weighted by Crippen LogP contribution is -3.00. The molecule has 0 radical (unpaired) electrons. The van der Waals surface area contributed by atoms with Gasteiger partial charge in [0.2, 0.25) is 0 Å². The Labute approximate surface area is 103 Å². The van der Waals surface area contributed by atoms with Crippen LogP contribution in [0.25, 0.3) is 0 Å². The number of quaternary nitrogens is 1. The molecule has 0 bridgehead atoms. The molecule has 0 heterocycles. The zero-order chi connectivity index (χ0) is 10.6. The highest BCUT2D eigenvalue weighted by Gasteiger charge is 2.06. The van der Waals surface area contributed by atoms with Crippen LogP contribution in [-0.4, -0.2) is 38.8 Å². The van der Waals surface area contributed by atoms with Crippen LogP contribution in [0.5, 0.6) is 5.75 Å². The summed E-state index contributed by atoms with van der Waals surface area (Å²) in [5.41, 5.74) is 1.24. The van der Waals surface area contributed by atoms with Crippen molar-refractivity contribution in [1.29, 1.82) is 0 Å². The minimum absolute atomic E-state index is 0. The SMILES string of the molecule is Cc1cccc(OCC[N+](C)(C)C)c1.[Br-]. The molecule has 0 saturated heterocycles. The lowest BCUT2D eigenvalue weighted by Gasteiger charge is -2.23. The molecule has 0 spiro atoms. The quantitative estimate of drug-likeness (QED) is 0.646. The Morgan fingerprint density at radius 3 is 2.40 bits per heavy atom. The average Bonchev–Trinajstić information content (AvgIpc) is 2.01. The summed E-state index contributed by atoms with van der Waals surface area (Å²) >= 11 is 0. The lowest BCUT2D eigenvalue weighted by atomic mass is 10.2. The molecule has 1 aromatic rings. The van der Waals surface area contributed by atoms with E-state index in [4.69, 9.17) is 4.74 Å². The third kappa shape index (κ3) is 6.52. The van der Waals surface area contributed by atoms with Gasteiger partial charge in [0.15, 0.2) is 0 Å². The summed E-state index contributed by atoms with van der Waals surface area (Å²) in [4.78, 5) is 0. The van der Waals surface area contributed by atoms with E-state index in [0.29, 0.717) is 0 Å². The lowest BCUT2D eigenvalue weighted by molar-refractivity contribution is -0.870. The number of halogens is 1. The number of benzene rings is 1. The van der Waals surface area contributed by atoms with Gasteiger partial charge in [-0.3, -0.25) is 0 Å². The summed E-state index contributed by atoms with van der Waals surface area (Å²) in [6.45, 7) is 3.87. The fourth-order valence-corrected chi connectivity index (χ4v) is 1.14. The van der Waals surface area contributed by atoms with Gasteiger partial charge in [-0.15, -0.1) is 0 Å². The molecule has 0 atom stereocenters. The number of ether oxygens (including phenoxy) is 1. The minimum Gasteiger partial charge on any atom is -1.00 e. The Hall–Kier alpha value is -0.540. The van der Waals surface area contributed by atoms with E-state index in [-0.39, 0.29) is 17.0 Å². The average molecular weight is 274 g/mol. The van der Waals surface area contributed by atoms with Crippen LogP contribution in [0.3, 0.4) is 0 Å². The fourth-order valence-electron chi connectivity index (χ4n) is 1.14. The van der Waals surface area contributed by atoms with Crippen LogP contribution in [0.4, 0.5) is 0 Å². The summed E-state index contributed by atoms with van der Waals surface area (Å²) in [6, 6.07) is 8.17. The highest BCUT2D eigenvalue weighted by Crippen LogP contribution is 2.12. The fraction of sp³-hybridized carbons (Fsp3) is 0.500. The van der Waals surface area contributed by atoms with Gasteiger partial charge < -0.3 is 26.2 Å². The highest BCUT2D eigenvalue weighted by molar-refractivity contribution is 5.27. The first-order valence-corrected chi connectivity index (χ1v) is 4.97. The van der Waals surface area contributed by atoms with E-state index in [1.807, 2.05) is 12.1 Å². The summed E-state index contributed by atoms with van der Waals surface area (Å²) in [6.07, 6.45) is 0. The zero-order valence-corrected chi connectivity index (χ0v) is 11.5. The number of aryl methyl sites for hydroxylation is 1. The molecule has 0 fully saturated rings. The number of hydrogen-bond acceptors (Lipinski definition) is 1. The monoisotopic (exact) mass is 273 g/mol. The van der Waals surface area contributed by atoms with Crippen molar-refractivity contribution in [1.82, 2.24) is 0 Å². The van der Waals surface area contributed by atoms with Crippen LogP contribution in [0.2, 0.25) is 0 Å². The van der Waals surface area contributed by atoms with Gasteiger partial charge in [0, 0.05) is 0 Å². The van der Waals surface area contributed by atoms with E-state index in [2.05, 4.69) is 40.2 Å². The second kappa shape index (κ2) is 6.13. The molecule has 0 aliphatic carbocycles. The second-order valence-corrected chi connectivity index (χ2v) is 4.68. The molecule has 86 valence electrons. The van der Waals surface area contributed by atoms with Crippen molar-refractivity contribution < 1.29 is 26.2 Å². The largest absolute Gasteiger partial charge is 1.00 e. The molecule has 0 aliphatic rings. The molecule has 1 rings (SSSR count). The van der Waals surface area contributed by atoms with Crippen molar-refractivity contribution in [2.45, 2.75) is 6.92 Å². The van der Waals surface area contributed by atoms with Gasteiger partial charge in [-0.05, 0) is 24.6 Å². The minimum atomic E-state index is 0. The summed E-state index contributed by atoms with van der Waals surface area (Å²) in [7, 11) is 6.50. The molecule has 0 amide bonds. The van der Waals surface area contributed by atoms with E-state index >= 15 is 0 Å². The molecule has 3 heteroatoms. The van der Waals surface area contributed by atoms with Gasteiger partial charge in [-0.2, -0.15) is 0 Å². The predicted octanol–water partition coefficient (Wildman–Crippen LogP) is -0.916. The van der Waals surface area contributed by atoms with Gasteiger partial charge >= 0.3 is 0 Å². The Balaban J connectivity index is 0.00000196. The Kier molecular flexibility index (Phi) is 5.91. The van der Waals surface area contributed by atoms with Crippen LogP contribution in [0.15, 0.2) is 24.3 Å². The van der Waals surface area contributed by atoms with Crippen molar-refractivity contribution in [3.63, 3.8) is 0 Å². The van der Waals surface area contributed by atoms with Crippen molar-refractivity contribution in [2.75, 3.05) is 34.3 Å². The standard InChI is InChI=1S/C12H20NO.BrH/c1-11-6-5-7-12(10-11)14-9-8-13(2,3)4;/h5-7,10H,8-9H2,1-4H3;1H/q+1;/p-1. The number of rotatable bonds is 4. The van der Waals surface area contributed by atoms with Crippen molar-refractivity contribution in [3.05, 3.63) is 29.8 Å². The maximum atomic E-state index is 5.65. The van der Waals surface area contributed by atoms with Crippen LogP contribution < -0.4 is 21.7 Å². The van der Waals surface area contributed by atoms with Gasteiger partial charge in [-0.25, -0.2) is 0 Å². The second-order valence-electron chi connectivity index (χ2n) is 4.68. The van der Waals surface area contributed by atoms with Crippen molar-refractivity contribution in [2.24, 2.45) is 0 Å². The number of likely N-dealkylation sites (N-methyl/N-ethyl adjacent to an activating group) is 1. The zero-order valence-electron chi connectivity index (χ0n) is 9.96. The Morgan fingerprint density at radius 1 is 1.20 bits per heavy atom. The molecule has 0 unspecified atom stereocenters. The molecule has 1 aromatic carbocycles. The molecule has 0 saturated carbocycles. The van der Waals surface area contributed by atoms with Crippen LogP contribution >= 0.6 is 0 Å². The first-order valence-electron chi connectivity index (χ1n) is 4.97. The first kappa shape index (κ1) is 14.5. The van der Waals surface area contributed by atoms with Crippen LogP contribution in [0, 0.1) is 6.92 Å². The van der Waals surface area contributed by atoms with Crippen LogP contribution in [-0.2, 0) is 0 Å². The van der Waals surface area contributed by atoms with Crippen LogP contribution in [0.1, 0.15) is 5.56 Å². The van der Waals surface area contributed by atoms with Gasteiger partial charge in [0.05, 0.1) is 21.1 Å². The maximum Gasteiger partial charge on any atom is 0.137 e.